The molecule has 3 aliphatic rings. The first-order valence-corrected chi connectivity index (χ1v) is 22.6. The number of non-ortho nitro benzene ring substituents is 1. The molecule has 1 aromatic carbocycles. The molecule has 0 radical (unpaired) electrons. The SMILES string of the molecule is CC[C@@H]1OC(=O)[C@H](C)[C@H](O[C@H]2C[C@@](C)(OC)[C@@H](OC(=O)Cc3ccc([N+](=O)[O-])cc3)[C@H](C)O2)[C@H](C)[C@@H](O[C@@H]2O[C@H](C)C[C@H](N(C)C)[C@H]2O)[C@@](C)(OC)C[C@@H](C)NC(=O)[C@@H](C)[C@@H](O)[C@]1(C)O. The summed E-state index contributed by atoms with van der Waals surface area (Å²) >= 11 is 0. The van der Waals surface area contributed by atoms with Gasteiger partial charge in [-0.1, -0.05) is 32.9 Å². The number of carbonyl (C=O) groups excluding carboxylic acids is 3. The van der Waals surface area contributed by atoms with Gasteiger partial charge in [-0.05, 0) is 87.4 Å². The minimum atomic E-state index is -2.06. The lowest BCUT2D eigenvalue weighted by Gasteiger charge is -2.50. The summed E-state index contributed by atoms with van der Waals surface area (Å²) in [4.78, 5) is 54.0. The van der Waals surface area contributed by atoms with E-state index < -0.39 is 119 Å². The number of nitrogens with zero attached hydrogens (tertiary/aromatic N) is 2. The second-order valence-electron chi connectivity index (χ2n) is 19.3. The van der Waals surface area contributed by atoms with Crippen molar-refractivity contribution in [1.82, 2.24) is 10.2 Å². The molecule has 3 aliphatic heterocycles. The van der Waals surface area contributed by atoms with Crippen LogP contribution in [0.3, 0.4) is 0 Å². The van der Waals surface area contributed by atoms with Crippen molar-refractivity contribution in [3.8, 4) is 0 Å². The van der Waals surface area contributed by atoms with E-state index in [2.05, 4.69) is 5.32 Å². The van der Waals surface area contributed by atoms with E-state index in [1.165, 1.54) is 52.3 Å². The van der Waals surface area contributed by atoms with Crippen LogP contribution in [-0.4, -0.2) is 162 Å². The molecule has 0 aliphatic carbocycles. The molecule has 0 bridgehead atoms. The number of ether oxygens (including phenoxy) is 8. The normalized spacial score (nSPS) is 41.4. The second kappa shape index (κ2) is 22.2. The Balaban J connectivity index is 1.78. The van der Waals surface area contributed by atoms with E-state index in [-0.39, 0.29) is 43.5 Å². The van der Waals surface area contributed by atoms with E-state index in [0.29, 0.717) is 12.0 Å². The van der Waals surface area contributed by atoms with Gasteiger partial charge in [0.1, 0.15) is 23.4 Å². The summed E-state index contributed by atoms with van der Waals surface area (Å²) in [6, 6.07) is 4.66. The van der Waals surface area contributed by atoms with Gasteiger partial charge in [-0.15, -0.1) is 0 Å². The summed E-state index contributed by atoms with van der Waals surface area (Å²) in [5.41, 5.74) is -4.13. The topological polar surface area (TPSA) is 244 Å². The monoisotopic (exact) mass is 926 g/mol. The molecule has 19 heteroatoms. The number of esters is 2. The molecule has 4 rings (SSSR count). The highest BCUT2D eigenvalue weighted by Gasteiger charge is 2.54. The maximum Gasteiger partial charge on any atom is 0.311 e. The number of hydrogen-bond donors (Lipinski definition) is 4. The average molecular weight is 926 g/mol. The molecule has 370 valence electrons. The lowest BCUT2D eigenvalue weighted by atomic mass is 9.78. The van der Waals surface area contributed by atoms with Crippen molar-refractivity contribution in [1.29, 1.82) is 0 Å². The van der Waals surface area contributed by atoms with Crippen LogP contribution in [0.1, 0.15) is 100 Å². The Hall–Kier alpha value is -3.37. The van der Waals surface area contributed by atoms with Gasteiger partial charge in [0.05, 0.1) is 59.3 Å². The zero-order valence-electron chi connectivity index (χ0n) is 40.5. The number of nitro groups is 1. The van der Waals surface area contributed by atoms with Gasteiger partial charge in [0, 0.05) is 50.8 Å². The highest BCUT2D eigenvalue weighted by molar-refractivity contribution is 5.79. The van der Waals surface area contributed by atoms with Gasteiger partial charge in [-0.2, -0.15) is 0 Å². The number of aliphatic hydroxyl groups excluding tert-OH is 2. The van der Waals surface area contributed by atoms with E-state index >= 15 is 0 Å². The average Bonchev–Trinajstić information content (AvgIpc) is 3.24. The fraction of sp³-hybridized carbons (Fsp3) is 0.804. The molecule has 3 saturated heterocycles. The minimum absolute atomic E-state index is 0.00724. The standard InChI is InChI=1S/C46H75N3O16/c1-15-33-46(10,55)38(52)28(6)41(53)47-24(2)22-44(8,58-13)39(65-43-36(51)32(48(11)12)20-25(3)60-43)26(4)37(27(5)42(54)62-33)64-35-23-45(9,59-14)40(29(7)61-35)63-34(50)21-30-16-18-31(19-17-30)49(56)57/h16-19,24-29,32-33,35-40,43,51-52,55H,15,20-23H2,1-14H3,(H,47,53)/t24-,25-,26+,27-,28+,29+,32+,33+,35+,36-,37-,38-,39-,40+,43+,44+,45-,46-/m1/s1. The largest absolute Gasteiger partial charge is 0.459 e. The van der Waals surface area contributed by atoms with Gasteiger partial charge in [0.2, 0.25) is 5.91 Å². The van der Waals surface area contributed by atoms with Crippen molar-refractivity contribution >= 4 is 23.5 Å². The molecule has 0 spiro atoms. The van der Waals surface area contributed by atoms with Crippen molar-refractivity contribution in [2.75, 3.05) is 28.3 Å². The summed E-state index contributed by atoms with van der Waals surface area (Å²) in [6.07, 6.45) is -9.88. The van der Waals surface area contributed by atoms with Crippen LogP contribution in [0, 0.1) is 27.9 Å². The third-order valence-corrected chi connectivity index (χ3v) is 13.8. The Labute approximate surface area is 383 Å². The summed E-state index contributed by atoms with van der Waals surface area (Å²) in [7, 11) is 6.69. The molecule has 18 atom stereocenters. The molecule has 1 amide bonds. The number of carbonyl (C=O) groups is 3. The number of likely N-dealkylation sites (N-methyl/N-ethyl adjacent to an activating group) is 1. The van der Waals surface area contributed by atoms with E-state index in [1.807, 2.05) is 32.8 Å². The number of aliphatic hydroxyl groups is 3. The molecule has 3 fully saturated rings. The van der Waals surface area contributed by atoms with Crippen LogP contribution in [-0.2, 0) is 58.7 Å². The zero-order chi connectivity index (χ0) is 48.9. The molecule has 0 aromatic heterocycles. The van der Waals surface area contributed by atoms with E-state index in [4.69, 9.17) is 37.9 Å². The Morgan fingerprint density at radius 1 is 0.923 bits per heavy atom. The molecule has 65 heavy (non-hydrogen) atoms. The number of benzene rings is 1. The van der Waals surface area contributed by atoms with Crippen LogP contribution in [0.4, 0.5) is 5.69 Å². The van der Waals surface area contributed by atoms with Crippen LogP contribution >= 0.6 is 0 Å². The molecule has 19 nitrogen and oxygen atoms in total. The van der Waals surface area contributed by atoms with Gasteiger partial charge in [0.25, 0.3) is 5.69 Å². The maximum atomic E-state index is 14.5. The number of methoxy groups -OCH3 is 2. The first-order valence-electron chi connectivity index (χ1n) is 22.6. The summed E-state index contributed by atoms with van der Waals surface area (Å²) in [5.74, 6) is -5.00. The van der Waals surface area contributed by atoms with Crippen molar-refractivity contribution < 1.29 is 72.5 Å². The molecular formula is C46H75N3O16. The number of nitrogens with one attached hydrogen (secondary N) is 1. The quantitative estimate of drug-likeness (QED) is 0.133. The summed E-state index contributed by atoms with van der Waals surface area (Å²) < 4.78 is 50.9. The van der Waals surface area contributed by atoms with Crippen molar-refractivity contribution in [3.63, 3.8) is 0 Å². The van der Waals surface area contributed by atoms with Gasteiger partial charge >= 0.3 is 11.9 Å². The van der Waals surface area contributed by atoms with E-state index in [0.717, 1.165) is 0 Å². The number of amides is 1. The summed E-state index contributed by atoms with van der Waals surface area (Å²) in [6.45, 7) is 16.8. The van der Waals surface area contributed by atoms with Crippen LogP contribution < -0.4 is 5.32 Å². The second-order valence-corrected chi connectivity index (χ2v) is 19.3. The van der Waals surface area contributed by atoms with Crippen molar-refractivity contribution in [2.24, 2.45) is 17.8 Å². The van der Waals surface area contributed by atoms with Crippen molar-refractivity contribution in [2.45, 2.75) is 192 Å². The van der Waals surface area contributed by atoms with Crippen LogP contribution in [0.2, 0.25) is 0 Å². The lowest BCUT2D eigenvalue weighted by molar-refractivity contribution is -0.384. The fourth-order valence-electron chi connectivity index (χ4n) is 9.74. The first kappa shape index (κ1) is 54.2. The smallest absolute Gasteiger partial charge is 0.311 e. The van der Waals surface area contributed by atoms with Crippen LogP contribution in [0.25, 0.3) is 0 Å². The van der Waals surface area contributed by atoms with Gasteiger partial charge < -0.3 is 63.4 Å². The number of nitro benzene ring substituents is 1. The predicted molar refractivity (Wildman–Crippen MR) is 235 cm³/mol. The maximum absolute atomic E-state index is 14.5. The van der Waals surface area contributed by atoms with Gasteiger partial charge in [-0.3, -0.25) is 24.5 Å². The van der Waals surface area contributed by atoms with Crippen LogP contribution in [0.5, 0.6) is 0 Å². The third-order valence-electron chi connectivity index (χ3n) is 13.8. The Bertz CT molecular complexity index is 1770. The number of rotatable bonds is 12. The minimum Gasteiger partial charge on any atom is -0.459 e. The Morgan fingerprint density at radius 2 is 1.52 bits per heavy atom. The predicted octanol–water partition coefficient (Wildman–Crippen LogP) is 3.44. The van der Waals surface area contributed by atoms with E-state index in [1.54, 1.807) is 41.5 Å². The zero-order valence-corrected chi connectivity index (χ0v) is 40.5. The van der Waals surface area contributed by atoms with Crippen LogP contribution in [0.15, 0.2) is 24.3 Å². The Kier molecular flexibility index (Phi) is 18.5. The molecule has 0 saturated carbocycles. The number of cyclic esters (lactones) is 1. The molecule has 1 aromatic rings. The molecular weight excluding hydrogens is 851 g/mol. The third kappa shape index (κ3) is 12.6. The fourth-order valence-corrected chi connectivity index (χ4v) is 9.74. The van der Waals surface area contributed by atoms with E-state index in [9.17, 15) is 39.8 Å². The van der Waals surface area contributed by atoms with Gasteiger partial charge in [-0.25, -0.2) is 0 Å². The lowest BCUT2D eigenvalue weighted by Crippen LogP contribution is -2.61. The molecule has 4 N–H and O–H groups in total. The first-order chi connectivity index (χ1) is 30.2. The Morgan fingerprint density at radius 3 is 2.08 bits per heavy atom. The van der Waals surface area contributed by atoms with Crippen molar-refractivity contribution in [3.05, 3.63) is 39.9 Å². The summed E-state index contributed by atoms with van der Waals surface area (Å²) in [5, 5.41) is 49.0. The highest BCUT2D eigenvalue weighted by Crippen LogP contribution is 2.41. The van der Waals surface area contributed by atoms with Gasteiger partial charge in [0.15, 0.2) is 18.7 Å². The molecule has 3 heterocycles. The molecule has 0 unspecified atom stereocenters. The highest BCUT2D eigenvalue weighted by atomic mass is 16.7. The number of hydrogen-bond acceptors (Lipinski definition) is 17.